The second kappa shape index (κ2) is 13.7. The van der Waals surface area contributed by atoms with E-state index in [2.05, 4.69) is 229 Å². The van der Waals surface area contributed by atoms with E-state index in [1.54, 1.807) is 0 Å². The molecule has 0 radical (unpaired) electrons. The summed E-state index contributed by atoms with van der Waals surface area (Å²) in [5, 5.41) is 12.5. The summed E-state index contributed by atoms with van der Waals surface area (Å²) in [5.74, 6) is 0. The normalized spacial score (nSPS) is 11.5. The van der Waals surface area contributed by atoms with Crippen molar-refractivity contribution in [1.82, 2.24) is 0 Å². The molecule has 0 fully saturated rings. The van der Waals surface area contributed by atoms with Gasteiger partial charge in [-0.2, -0.15) is 0 Å². The molecule has 0 spiro atoms. The van der Waals surface area contributed by atoms with Gasteiger partial charge < -0.3 is 4.90 Å². The molecule has 57 heavy (non-hydrogen) atoms. The summed E-state index contributed by atoms with van der Waals surface area (Å²) in [6.07, 6.45) is 0. The van der Waals surface area contributed by atoms with Gasteiger partial charge in [-0.3, -0.25) is 0 Å². The van der Waals surface area contributed by atoms with Crippen LogP contribution in [0.2, 0.25) is 0 Å². The lowest BCUT2D eigenvalue weighted by Crippen LogP contribution is -2.10. The molecular weight excluding hydrogens is 687 g/mol. The van der Waals surface area contributed by atoms with E-state index >= 15 is 0 Å². The molecule has 11 rings (SSSR count). The van der Waals surface area contributed by atoms with E-state index in [4.69, 9.17) is 0 Å². The van der Waals surface area contributed by atoms with Gasteiger partial charge in [-0.25, -0.2) is 0 Å². The van der Waals surface area contributed by atoms with Gasteiger partial charge in [0, 0.05) is 17.1 Å². The maximum Gasteiger partial charge on any atom is 0.0468 e. The SMILES string of the molecule is c1ccc(-c2cc(-c3ccccc3)c3c4ccccc4c4ccccc4c3c2-c2ccc(N(c3ccc4ccccc4c3)c3ccc4ccccc4c3)cc2)cc1. The molecule has 0 saturated carbocycles. The first kappa shape index (κ1) is 32.9. The first-order valence-electron chi connectivity index (χ1n) is 19.7. The number of hydrogen-bond donors (Lipinski definition) is 0. The highest BCUT2D eigenvalue weighted by atomic mass is 15.1. The zero-order valence-electron chi connectivity index (χ0n) is 31.3. The molecule has 0 bridgehead atoms. The van der Waals surface area contributed by atoms with Gasteiger partial charge in [0.2, 0.25) is 0 Å². The lowest BCUT2D eigenvalue weighted by Gasteiger charge is -2.27. The van der Waals surface area contributed by atoms with Crippen LogP contribution >= 0.6 is 0 Å². The van der Waals surface area contributed by atoms with Gasteiger partial charge in [-0.05, 0) is 130 Å². The van der Waals surface area contributed by atoms with Crippen molar-refractivity contribution in [2.45, 2.75) is 0 Å². The monoisotopic (exact) mass is 723 g/mol. The fraction of sp³-hybridized carbons (Fsp3) is 0. The van der Waals surface area contributed by atoms with Crippen molar-refractivity contribution >= 4 is 70.9 Å². The maximum absolute atomic E-state index is 2.44. The average molecular weight is 724 g/mol. The molecule has 0 aliphatic carbocycles. The maximum atomic E-state index is 2.44. The molecule has 0 amide bonds. The van der Waals surface area contributed by atoms with Gasteiger partial charge in [-0.15, -0.1) is 0 Å². The van der Waals surface area contributed by atoms with E-state index in [1.807, 2.05) is 0 Å². The van der Waals surface area contributed by atoms with Crippen molar-refractivity contribution in [3.63, 3.8) is 0 Å². The molecule has 0 atom stereocenters. The van der Waals surface area contributed by atoms with Gasteiger partial charge in [0.25, 0.3) is 0 Å². The minimum atomic E-state index is 1.10. The Morgan fingerprint density at radius 2 is 0.667 bits per heavy atom. The lowest BCUT2D eigenvalue weighted by molar-refractivity contribution is 1.29. The molecule has 0 heterocycles. The molecule has 266 valence electrons. The van der Waals surface area contributed by atoms with Gasteiger partial charge in [-0.1, -0.05) is 182 Å². The van der Waals surface area contributed by atoms with Crippen LogP contribution in [0.1, 0.15) is 0 Å². The summed E-state index contributed by atoms with van der Waals surface area (Å²) in [4.78, 5) is 2.39. The van der Waals surface area contributed by atoms with Crippen LogP contribution in [0, 0.1) is 0 Å². The van der Waals surface area contributed by atoms with Crippen LogP contribution in [0.4, 0.5) is 17.1 Å². The van der Waals surface area contributed by atoms with Gasteiger partial charge >= 0.3 is 0 Å². The van der Waals surface area contributed by atoms with Gasteiger partial charge in [0.05, 0.1) is 0 Å². The standard InChI is InChI=1S/C56H37N/c1-3-17-40(18-4-1)52-37-53(41-19-5-2-6-20-41)55-50-25-13-11-23-48(50)49-24-12-14-26-51(49)56(55)54(52)42-29-31-45(32-30-42)57(46-33-27-38-15-7-9-21-43(38)35-46)47-34-28-39-16-8-10-22-44(39)36-47/h1-37H. The van der Waals surface area contributed by atoms with Gasteiger partial charge in [0.15, 0.2) is 0 Å². The Morgan fingerprint density at radius 1 is 0.246 bits per heavy atom. The molecule has 0 saturated heterocycles. The highest BCUT2D eigenvalue weighted by molar-refractivity contribution is 6.33. The smallest absolute Gasteiger partial charge is 0.0468 e. The Kier molecular flexibility index (Phi) is 7.89. The zero-order valence-corrected chi connectivity index (χ0v) is 31.3. The molecule has 0 aliphatic heterocycles. The summed E-state index contributed by atoms with van der Waals surface area (Å²) in [6.45, 7) is 0. The van der Waals surface area contributed by atoms with Crippen LogP contribution in [0.5, 0.6) is 0 Å². The van der Waals surface area contributed by atoms with Crippen LogP contribution in [0.15, 0.2) is 224 Å². The molecule has 0 N–H and O–H groups in total. The van der Waals surface area contributed by atoms with Crippen molar-refractivity contribution in [3.05, 3.63) is 224 Å². The predicted octanol–water partition coefficient (Wildman–Crippen LogP) is 15.9. The lowest BCUT2D eigenvalue weighted by atomic mass is 9.81. The third kappa shape index (κ3) is 5.63. The molecule has 1 heteroatoms. The molecule has 0 unspecified atom stereocenters. The van der Waals surface area contributed by atoms with E-state index < -0.39 is 0 Å². The Balaban J connectivity index is 1.19. The minimum absolute atomic E-state index is 1.10. The molecule has 0 aromatic heterocycles. The summed E-state index contributed by atoms with van der Waals surface area (Å²) in [6, 6.07) is 82.1. The summed E-state index contributed by atoms with van der Waals surface area (Å²) >= 11 is 0. The first-order chi connectivity index (χ1) is 28.3. The summed E-state index contributed by atoms with van der Waals surface area (Å²) in [7, 11) is 0. The van der Waals surface area contributed by atoms with Crippen LogP contribution in [0.25, 0.3) is 87.2 Å². The fourth-order valence-corrected chi connectivity index (χ4v) is 8.95. The Morgan fingerprint density at radius 3 is 1.21 bits per heavy atom. The van der Waals surface area contributed by atoms with Gasteiger partial charge in [0.1, 0.15) is 0 Å². The molecule has 11 aromatic rings. The molecule has 1 nitrogen and oxygen atoms in total. The predicted molar refractivity (Wildman–Crippen MR) is 245 cm³/mol. The number of anilines is 3. The molecule has 11 aromatic carbocycles. The quantitative estimate of drug-likeness (QED) is 0.154. The zero-order chi connectivity index (χ0) is 37.7. The second-order valence-electron chi connectivity index (χ2n) is 14.9. The molecular formula is C56H37N. The van der Waals surface area contributed by atoms with Crippen molar-refractivity contribution in [1.29, 1.82) is 0 Å². The number of fused-ring (bicyclic) bond motifs is 8. The van der Waals surface area contributed by atoms with Crippen LogP contribution in [-0.4, -0.2) is 0 Å². The van der Waals surface area contributed by atoms with Crippen molar-refractivity contribution in [2.75, 3.05) is 4.90 Å². The van der Waals surface area contributed by atoms with Crippen molar-refractivity contribution < 1.29 is 0 Å². The Bertz CT molecular complexity index is 3190. The number of hydrogen-bond acceptors (Lipinski definition) is 1. The third-order valence-corrected chi connectivity index (χ3v) is 11.6. The van der Waals surface area contributed by atoms with Crippen LogP contribution in [0.3, 0.4) is 0 Å². The molecule has 0 aliphatic rings. The second-order valence-corrected chi connectivity index (χ2v) is 14.9. The first-order valence-corrected chi connectivity index (χ1v) is 19.7. The van der Waals surface area contributed by atoms with E-state index in [0.29, 0.717) is 0 Å². The number of nitrogens with zero attached hydrogens (tertiary/aromatic N) is 1. The number of rotatable bonds is 6. The van der Waals surface area contributed by atoms with Crippen molar-refractivity contribution in [3.8, 4) is 33.4 Å². The summed E-state index contributed by atoms with van der Waals surface area (Å²) in [5.41, 5.74) is 10.6. The van der Waals surface area contributed by atoms with E-state index in [1.165, 1.54) is 87.2 Å². The van der Waals surface area contributed by atoms with Crippen molar-refractivity contribution in [2.24, 2.45) is 0 Å². The Hall–Kier alpha value is -7.48. The third-order valence-electron chi connectivity index (χ3n) is 11.6. The van der Waals surface area contributed by atoms with E-state index in [-0.39, 0.29) is 0 Å². The minimum Gasteiger partial charge on any atom is -0.310 e. The largest absolute Gasteiger partial charge is 0.310 e. The van der Waals surface area contributed by atoms with Crippen LogP contribution < -0.4 is 4.90 Å². The highest BCUT2D eigenvalue weighted by Crippen LogP contribution is 2.49. The summed E-state index contributed by atoms with van der Waals surface area (Å²) < 4.78 is 0. The number of benzene rings is 11. The van der Waals surface area contributed by atoms with Crippen LogP contribution in [-0.2, 0) is 0 Å². The average Bonchev–Trinajstić information content (AvgIpc) is 3.29. The Labute approximate surface area is 332 Å². The van der Waals surface area contributed by atoms with E-state index in [0.717, 1.165) is 17.1 Å². The highest BCUT2D eigenvalue weighted by Gasteiger charge is 2.22. The van der Waals surface area contributed by atoms with E-state index in [9.17, 15) is 0 Å². The fourth-order valence-electron chi connectivity index (χ4n) is 8.95. The topological polar surface area (TPSA) is 3.24 Å².